The van der Waals surface area contributed by atoms with Crippen LogP contribution in [0, 0.1) is 17.8 Å². The predicted molar refractivity (Wildman–Crippen MR) is 150 cm³/mol. The predicted octanol–water partition coefficient (Wildman–Crippen LogP) is 0.633. The molecule has 6 N–H and O–H groups in total. The van der Waals surface area contributed by atoms with E-state index in [4.69, 9.17) is 14.2 Å². The van der Waals surface area contributed by atoms with Crippen molar-refractivity contribution in [2.24, 2.45) is 17.8 Å². The molecule has 2 fully saturated rings. The minimum atomic E-state index is -1.75. The molecule has 2 aliphatic heterocycles. The zero-order chi connectivity index (χ0) is 30.7. The van der Waals surface area contributed by atoms with Crippen LogP contribution in [0.4, 0.5) is 0 Å². The van der Waals surface area contributed by atoms with Crippen molar-refractivity contribution in [1.82, 2.24) is 10.2 Å². The highest BCUT2D eigenvalue weighted by Gasteiger charge is 2.49. The number of aliphatic hydroxyl groups excluding tert-OH is 3. The fraction of sp³-hybridized carbons (Fsp3) is 0.966. The number of carbonyl (C=O) groups excluding carboxylic acids is 1. The Morgan fingerprint density at radius 3 is 2.20 bits per heavy atom. The van der Waals surface area contributed by atoms with E-state index < -0.39 is 71.9 Å². The Kier molecular flexibility index (Phi) is 12.4. The van der Waals surface area contributed by atoms with Crippen LogP contribution in [0.5, 0.6) is 0 Å². The number of carbonyl (C=O) groups is 1. The van der Waals surface area contributed by atoms with E-state index in [9.17, 15) is 30.3 Å². The first kappa shape index (κ1) is 35.3. The number of aliphatic hydroxyl groups is 5. The molecule has 0 radical (unpaired) electrons. The first-order chi connectivity index (χ1) is 18.3. The number of rotatable bonds is 4. The Hall–Kier alpha value is -0.890. The summed E-state index contributed by atoms with van der Waals surface area (Å²) in [4.78, 5) is 15.1. The van der Waals surface area contributed by atoms with Gasteiger partial charge in [0.2, 0.25) is 0 Å². The van der Waals surface area contributed by atoms with Crippen molar-refractivity contribution in [3.05, 3.63) is 0 Å². The maximum Gasteiger partial charge on any atom is 0.311 e. The zero-order valence-electron chi connectivity index (χ0n) is 26.1. The summed E-state index contributed by atoms with van der Waals surface area (Å²) in [6.07, 6.45) is -5.77. The molecule has 11 nitrogen and oxygen atoms in total. The molecule has 2 aliphatic rings. The molecule has 0 saturated carbocycles. The Labute approximate surface area is 240 Å². The summed E-state index contributed by atoms with van der Waals surface area (Å²) in [5.41, 5.74) is -3.25. The number of nitrogens with one attached hydrogen (secondary N) is 1. The summed E-state index contributed by atoms with van der Waals surface area (Å²) in [6.45, 7) is 14.0. The van der Waals surface area contributed by atoms with Gasteiger partial charge in [0.1, 0.15) is 23.9 Å². The lowest BCUT2D eigenvalue weighted by Gasteiger charge is -2.46. The van der Waals surface area contributed by atoms with Crippen molar-refractivity contribution in [1.29, 1.82) is 0 Å². The van der Waals surface area contributed by atoms with E-state index >= 15 is 0 Å². The molecular formula is C29H56N2O9. The minimum absolute atomic E-state index is 0.113. The fourth-order valence-electron chi connectivity index (χ4n) is 6.36. The topological polar surface area (TPSA) is 161 Å². The molecule has 2 rings (SSSR count). The second kappa shape index (κ2) is 14.1. The van der Waals surface area contributed by atoms with Crippen molar-refractivity contribution in [3.63, 3.8) is 0 Å². The second-order valence-electron chi connectivity index (χ2n) is 13.1. The van der Waals surface area contributed by atoms with Gasteiger partial charge in [-0.15, -0.1) is 0 Å². The summed E-state index contributed by atoms with van der Waals surface area (Å²) in [7, 11) is 3.74. The van der Waals surface area contributed by atoms with Gasteiger partial charge in [-0.2, -0.15) is 0 Å². The Morgan fingerprint density at radius 2 is 1.65 bits per heavy atom. The van der Waals surface area contributed by atoms with E-state index in [1.54, 1.807) is 27.7 Å². The summed E-state index contributed by atoms with van der Waals surface area (Å²) in [5.74, 6) is -2.67. The molecule has 11 heteroatoms. The lowest BCUT2D eigenvalue weighted by atomic mass is 9.78. The SMILES string of the molecule is CCC1OC(=O)C(C)C(O)C(C)C(OC2OC(C)CC(N(C)C)C2O)C(C)(O)CC(C)CNC(C)C(O)C1(C)O. The highest BCUT2D eigenvalue weighted by molar-refractivity contribution is 5.73. The number of ether oxygens (including phenoxy) is 3. The Bertz CT molecular complexity index is 810. The van der Waals surface area contributed by atoms with Gasteiger partial charge in [0.05, 0.1) is 29.8 Å². The van der Waals surface area contributed by atoms with Gasteiger partial charge in [-0.05, 0) is 80.4 Å². The molecule has 236 valence electrons. The third-order valence-electron chi connectivity index (χ3n) is 8.97. The summed E-state index contributed by atoms with van der Waals surface area (Å²) >= 11 is 0. The average molecular weight is 577 g/mol. The fourth-order valence-corrected chi connectivity index (χ4v) is 6.36. The minimum Gasteiger partial charge on any atom is -0.459 e. The van der Waals surface area contributed by atoms with E-state index in [0.29, 0.717) is 13.0 Å². The largest absolute Gasteiger partial charge is 0.459 e. The molecule has 14 unspecified atom stereocenters. The Morgan fingerprint density at radius 1 is 1.05 bits per heavy atom. The standard InChI is InChI=1S/C29H56N2O9/c1-11-21-29(8,37)24(34)19(6)30-14-15(2)13-28(7,36)25(17(4)22(32)18(5)26(35)39-21)40-27-23(33)20(31(9)10)12-16(3)38-27/h15-25,27,30,32-34,36-37H,11-14H2,1-10H3. The molecule has 0 aromatic carbocycles. The smallest absolute Gasteiger partial charge is 0.311 e. The maximum absolute atomic E-state index is 13.2. The van der Waals surface area contributed by atoms with Gasteiger partial charge in [-0.1, -0.05) is 20.8 Å². The van der Waals surface area contributed by atoms with Crippen molar-refractivity contribution in [2.75, 3.05) is 20.6 Å². The molecule has 0 spiro atoms. The monoisotopic (exact) mass is 576 g/mol. The zero-order valence-corrected chi connectivity index (χ0v) is 26.1. The van der Waals surface area contributed by atoms with E-state index in [-0.39, 0.29) is 30.9 Å². The highest BCUT2D eigenvalue weighted by Crippen LogP contribution is 2.36. The van der Waals surface area contributed by atoms with Crippen molar-refractivity contribution >= 4 is 5.97 Å². The lowest BCUT2D eigenvalue weighted by Crippen LogP contribution is -2.59. The van der Waals surface area contributed by atoms with E-state index in [1.165, 1.54) is 13.8 Å². The van der Waals surface area contributed by atoms with Crippen molar-refractivity contribution in [3.8, 4) is 0 Å². The Balaban J connectivity index is 2.48. The third-order valence-corrected chi connectivity index (χ3v) is 8.97. The number of hydrogen-bond donors (Lipinski definition) is 6. The summed E-state index contributed by atoms with van der Waals surface area (Å²) in [6, 6.07) is -0.783. The van der Waals surface area contributed by atoms with Crippen LogP contribution < -0.4 is 5.32 Å². The number of likely N-dealkylation sites (N-methyl/N-ethyl adjacent to an activating group) is 1. The van der Waals surface area contributed by atoms with Crippen molar-refractivity contribution in [2.45, 2.75) is 141 Å². The molecule has 2 heterocycles. The number of hydrogen-bond acceptors (Lipinski definition) is 11. The highest BCUT2D eigenvalue weighted by atomic mass is 16.7. The van der Waals surface area contributed by atoms with E-state index in [1.807, 2.05) is 32.8 Å². The van der Waals surface area contributed by atoms with Gasteiger partial charge in [0.25, 0.3) is 0 Å². The number of nitrogens with zero attached hydrogens (tertiary/aromatic N) is 1. The van der Waals surface area contributed by atoms with Crippen LogP contribution in [0.15, 0.2) is 0 Å². The van der Waals surface area contributed by atoms with Crippen LogP contribution in [0.2, 0.25) is 0 Å². The van der Waals surface area contributed by atoms with Crippen LogP contribution in [0.25, 0.3) is 0 Å². The third kappa shape index (κ3) is 8.14. The molecule has 0 aromatic rings. The maximum atomic E-state index is 13.2. The van der Waals surface area contributed by atoms with E-state index in [0.717, 1.165) is 0 Å². The normalized spacial score (nSPS) is 48.8. The lowest BCUT2D eigenvalue weighted by molar-refractivity contribution is -0.299. The van der Waals surface area contributed by atoms with E-state index in [2.05, 4.69) is 5.32 Å². The molecule has 0 aromatic heterocycles. The van der Waals surface area contributed by atoms with Gasteiger partial charge in [0.15, 0.2) is 6.29 Å². The molecule has 14 atom stereocenters. The summed E-state index contributed by atoms with van der Waals surface area (Å²) in [5, 5.41) is 59.8. The summed E-state index contributed by atoms with van der Waals surface area (Å²) < 4.78 is 18.0. The van der Waals surface area contributed by atoms with Gasteiger partial charge in [-0.3, -0.25) is 4.79 Å². The number of esters is 1. The molecule has 0 bridgehead atoms. The van der Waals surface area contributed by atoms with Crippen LogP contribution in [0.1, 0.15) is 74.7 Å². The van der Waals surface area contributed by atoms with Crippen molar-refractivity contribution < 1.29 is 44.5 Å². The van der Waals surface area contributed by atoms with Gasteiger partial charge in [-0.25, -0.2) is 0 Å². The van der Waals surface area contributed by atoms with Crippen LogP contribution >= 0.6 is 0 Å². The van der Waals surface area contributed by atoms with Crippen LogP contribution in [0.3, 0.4) is 0 Å². The molecule has 0 aliphatic carbocycles. The first-order valence-corrected chi connectivity index (χ1v) is 14.7. The quantitative estimate of drug-likeness (QED) is 0.261. The molecule has 40 heavy (non-hydrogen) atoms. The molecule has 2 saturated heterocycles. The first-order valence-electron chi connectivity index (χ1n) is 14.7. The number of cyclic esters (lactones) is 1. The van der Waals surface area contributed by atoms with Gasteiger partial charge in [0, 0.05) is 18.0 Å². The second-order valence-corrected chi connectivity index (χ2v) is 13.1. The van der Waals surface area contributed by atoms with Crippen LogP contribution in [-0.4, -0.2) is 123 Å². The molecular weight excluding hydrogens is 520 g/mol. The average Bonchev–Trinajstić information content (AvgIpc) is 2.87. The molecule has 0 amide bonds. The van der Waals surface area contributed by atoms with Gasteiger partial charge < -0.3 is 50.0 Å². The van der Waals surface area contributed by atoms with Gasteiger partial charge >= 0.3 is 5.97 Å². The van der Waals surface area contributed by atoms with Crippen LogP contribution in [-0.2, 0) is 19.0 Å².